The zero-order valence-corrected chi connectivity index (χ0v) is 13.1. The van der Waals surface area contributed by atoms with Gasteiger partial charge in [0.2, 0.25) is 0 Å². The van der Waals surface area contributed by atoms with Gasteiger partial charge in [0.25, 0.3) is 5.22 Å². The first-order valence-electron chi connectivity index (χ1n) is 6.14. The van der Waals surface area contributed by atoms with Crippen molar-refractivity contribution in [2.24, 2.45) is 0 Å². The molecule has 20 heavy (non-hydrogen) atoms. The SMILES string of the molecule is CC(O)c1ccc(Br)cc1Sc1nc2ccccc2o1. The summed E-state index contributed by atoms with van der Waals surface area (Å²) in [5.41, 5.74) is 2.47. The largest absolute Gasteiger partial charge is 0.431 e. The summed E-state index contributed by atoms with van der Waals surface area (Å²) in [6, 6.07) is 13.4. The van der Waals surface area contributed by atoms with E-state index in [0.717, 1.165) is 26.0 Å². The van der Waals surface area contributed by atoms with Crippen LogP contribution in [-0.2, 0) is 0 Å². The van der Waals surface area contributed by atoms with Gasteiger partial charge in [-0.15, -0.1) is 0 Å². The summed E-state index contributed by atoms with van der Waals surface area (Å²) in [5.74, 6) is 0. The zero-order chi connectivity index (χ0) is 14.1. The average molecular weight is 350 g/mol. The number of benzene rings is 2. The van der Waals surface area contributed by atoms with E-state index in [1.165, 1.54) is 11.8 Å². The van der Waals surface area contributed by atoms with Crippen LogP contribution in [0.1, 0.15) is 18.6 Å². The molecule has 5 heteroatoms. The maximum Gasteiger partial charge on any atom is 0.261 e. The van der Waals surface area contributed by atoms with Crippen molar-refractivity contribution in [3.05, 3.63) is 52.5 Å². The maximum atomic E-state index is 9.83. The zero-order valence-electron chi connectivity index (χ0n) is 10.7. The fourth-order valence-electron chi connectivity index (χ4n) is 1.93. The quantitative estimate of drug-likeness (QED) is 0.737. The Labute approximate surface area is 129 Å². The van der Waals surface area contributed by atoms with Crippen molar-refractivity contribution in [1.82, 2.24) is 4.98 Å². The summed E-state index contributed by atoms with van der Waals surface area (Å²) < 4.78 is 6.66. The predicted octanol–water partition coefficient (Wildman–Crippen LogP) is 4.79. The summed E-state index contributed by atoms with van der Waals surface area (Å²) in [5, 5.41) is 10.4. The van der Waals surface area contributed by atoms with Gasteiger partial charge < -0.3 is 9.52 Å². The van der Waals surface area contributed by atoms with Gasteiger partial charge in [-0.3, -0.25) is 0 Å². The Morgan fingerprint density at radius 1 is 1.25 bits per heavy atom. The van der Waals surface area contributed by atoms with E-state index in [0.29, 0.717) is 5.22 Å². The van der Waals surface area contributed by atoms with Crippen molar-refractivity contribution in [3.8, 4) is 0 Å². The number of rotatable bonds is 3. The van der Waals surface area contributed by atoms with Gasteiger partial charge in [0.15, 0.2) is 5.58 Å². The molecular weight excluding hydrogens is 338 g/mol. The third kappa shape index (κ3) is 2.75. The second-order valence-electron chi connectivity index (χ2n) is 4.41. The Kier molecular flexibility index (Phi) is 3.83. The fourth-order valence-corrected chi connectivity index (χ4v) is 3.45. The number of aromatic nitrogens is 1. The molecule has 1 aromatic heterocycles. The third-order valence-corrected chi connectivity index (χ3v) is 4.31. The molecule has 0 fully saturated rings. The number of oxazole rings is 1. The number of para-hydroxylation sites is 2. The lowest BCUT2D eigenvalue weighted by atomic mass is 10.1. The van der Waals surface area contributed by atoms with E-state index in [1.807, 2.05) is 42.5 Å². The van der Waals surface area contributed by atoms with E-state index < -0.39 is 6.10 Å². The normalized spacial score (nSPS) is 12.8. The topological polar surface area (TPSA) is 46.3 Å². The third-order valence-electron chi connectivity index (χ3n) is 2.90. The number of aliphatic hydroxyl groups excluding tert-OH is 1. The second kappa shape index (κ2) is 5.60. The molecular formula is C15H12BrNO2S. The Balaban J connectivity index is 1.99. The van der Waals surface area contributed by atoms with Gasteiger partial charge >= 0.3 is 0 Å². The van der Waals surface area contributed by atoms with E-state index in [9.17, 15) is 5.11 Å². The van der Waals surface area contributed by atoms with Crippen LogP contribution in [0, 0.1) is 0 Å². The Bertz CT molecular complexity index is 721. The predicted molar refractivity (Wildman–Crippen MR) is 82.9 cm³/mol. The molecule has 2 aromatic carbocycles. The van der Waals surface area contributed by atoms with Crippen LogP contribution < -0.4 is 0 Å². The maximum absolute atomic E-state index is 9.83. The molecule has 1 N–H and O–H groups in total. The average Bonchev–Trinajstić information content (AvgIpc) is 2.80. The summed E-state index contributed by atoms with van der Waals surface area (Å²) in [4.78, 5) is 5.37. The molecule has 0 amide bonds. The number of nitrogens with zero attached hydrogens (tertiary/aromatic N) is 1. The molecule has 3 nitrogen and oxygen atoms in total. The second-order valence-corrected chi connectivity index (χ2v) is 6.32. The molecule has 3 aromatic rings. The van der Waals surface area contributed by atoms with Crippen molar-refractivity contribution >= 4 is 38.8 Å². The molecule has 1 heterocycles. The molecule has 0 radical (unpaired) electrons. The number of halogens is 1. The molecule has 0 aliphatic rings. The molecule has 0 saturated carbocycles. The molecule has 1 atom stereocenters. The van der Waals surface area contributed by atoms with E-state index in [1.54, 1.807) is 6.92 Å². The standard InChI is InChI=1S/C15H12BrNO2S/c1-9(18)11-7-6-10(16)8-14(11)20-15-17-12-4-2-3-5-13(12)19-15/h2-9,18H,1H3. The lowest BCUT2D eigenvalue weighted by Gasteiger charge is -2.10. The van der Waals surface area contributed by atoms with Crippen LogP contribution in [0.2, 0.25) is 0 Å². The minimum absolute atomic E-state index is 0.532. The summed E-state index contributed by atoms with van der Waals surface area (Å²) in [6.45, 7) is 1.75. The summed E-state index contributed by atoms with van der Waals surface area (Å²) >= 11 is 4.86. The van der Waals surface area contributed by atoms with Crippen LogP contribution in [0.15, 0.2) is 61.5 Å². The van der Waals surface area contributed by atoms with Gasteiger partial charge in [-0.2, -0.15) is 0 Å². The molecule has 0 spiro atoms. The van der Waals surface area contributed by atoms with Crippen LogP contribution in [0.3, 0.4) is 0 Å². The van der Waals surface area contributed by atoms with Crippen LogP contribution in [0.25, 0.3) is 11.1 Å². The van der Waals surface area contributed by atoms with Gasteiger partial charge in [0.1, 0.15) is 5.52 Å². The summed E-state index contributed by atoms with van der Waals surface area (Å²) in [6.07, 6.45) is -0.532. The molecule has 102 valence electrons. The van der Waals surface area contributed by atoms with E-state index in [2.05, 4.69) is 20.9 Å². The molecule has 0 aliphatic heterocycles. The number of aliphatic hydroxyl groups is 1. The highest BCUT2D eigenvalue weighted by molar-refractivity contribution is 9.10. The van der Waals surface area contributed by atoms with Crippen molar-refractivity contribution in [1.29, 1.82) is 0 Å². The van der Waals surface area contributed by atoms with Crippen molar-refractivity contribution < 1.29 is 9.52 Å². The fraction of sp³-hybridized carbons (Fsp3) is 0.133. The first kappa shape index (κ1) is 13.7. The lowest BCUT2D eigenvalue weighted by molar-refractivity contribution is 0.196. The molecule has 3 rings (SSSR count). The van der Waals surface area contributed by atoms with Crippen LogP contribution in [0.5, 0.6) is 0 Å². The monoisotopic (exact) mass is 349 g/mol. The van der Waals surface area contributed by atoms with Crippen molar-refractivity contribution in [2.75, 3.05) is 0 Å². The number of hydrogen-bond donors (Lipinski definition) is 1. The highest BCUT2D eigenvalue weighted by Gasteiger charge is 2.13. The van der Waals surface area contributed by atoms with Gasteiger partial charge in [0.05, 0.1) is 6.10 Å². The highest BCUT2D eigenvalue weighted by atomic mass is 79.9. The van der Waals surface area contributed by atoms with Crippen LogP contribution >= 0.6 is 27.7 Å². The summed E-state index contributed by atoms with van der Waals surface area (Å²) in [7, 11) is 0. The molecule has 0 aliphatic carbocycles. The van der Waals surface area contributed by atoms with Gasteiger partial charge in [-0.05, 0) is 48.5 Å². The van der Waals surface area contributed by atoms with Crippen LogP contribution in [0.4, 0.5) is 0 Å². The van der Waals surface area contributed by atoms with E-state index >= 15 is 0 Å². The smallest absolute Gasteiger partial charge is 0.261 e. The minimum atomic E-state index is -0.532. The Morgan fingerprint density at radius 3 is 2.80 bits per heavy atom. The van der Waals surface area contributed by atoms with Gasteiger partial charge in [0, 0.05) is 9.37 Å². The number of fused-ring (bicyclic) bond motifs is 1. The highest BCUT2D eigenvalue weighted by Crippen LogP contribution is 2.36. The lowest BCUT2D eigenvalue weighted by Crippen LogP contribution is -1.93. The number of hydrogen-bond acceptors (Lipinski definition) is 4. The molecule has 0 saturated heterocycles. The molecule has 0 bridgehead atoms. The Hall–Kier alpha value is -1.30. The van der Waals surface area contributed by atoms with Gasteiger partial charge in [-0.25, -0.2) is 4.98 Å². The van der Waals surface area contributed by atoms with Crippen molar-refractivity contribution in [3.63, 3.8) is 0 Å². The first-order chi connectivity index (χ1) is 9.63. The first-order valence-corrected chi connectivity index (χ1v) is 7.75. The van der Waals surface area contributed by atoms with Gasteiger partial charge in [-0.1, -0.05) is 34.1 Å². The Morgan fingerprint density at radius 2 is 2.05 bits per heavy atom. The van der Waals surface area contributed by atoms with Crippen LogP contribution in [-0.4, -0.2) is 10.1 Å². The van der Waals surface area contributed by atoms with E-state index in [-0.39, 0.29) is 0 Å². The minimum Gasteiger partial charge on any atom is -0.431 e. The molecule has 1 unspecified atom stereocenters. The van der Waals surface area contributed by atoms with E-state index in [4.69, 9.17) is 4.42 Å². The van der Waals surface area contributed by atoms with Crippen molar-refractivity contribution in [2.45, 2.75) is 23.1 Å².